The van der Waals surface area contributed by atoms with Crippen LogP contribution in [0.4, 0.5) is 11.5 Å². The third kappa shape index (κ3) is 5.80. The fourth-order valence-electron chi connectivity index (χ4n) is 3.21. The first kappa shape index (κ1) is 18.4. The molecule has 2 aliphatic rings. The number of nitrogens with zero attached hydrogens (tertiary/aromatic N) is 3. The average molecular weight is 364 g/mol. The molecule has 25 heavy (non-hydrogen) atoms. The van der Waals surface area contributed by atoms with Crippen molar-refractivity contribution in [1.82, 2.24) is 15.2 Å². The third-order valence-corrected chi connectivity index (χ3v) is 5.18. The molecule has 0 unspecified atom stereocenters. The number of hydrogen-bond acceptors (Lipinski definition) is 5. The summed E-state index contributed by atoms with van der Waals surface area (Å²) in [5.41, 5.74) is 0.929. The number of rotatable bonds is 5. The Morgan fingerprint density at radius 2 is 2.00 bits per heavy atom. The van der Waals surface area contributed by atoms with Crippen LogP contribution in [0.3, 0.4) is 0 Å². The number of pyridine rings is 1. The van der Waals surface area contributed by atoms with Crippen LogP contribution in [-0.4, -0.2) is 67.5 Å². The second kappa shape index (κ2) is 9.31. The van der Waals surface area contributed by atoms with Crippen molar-refractivity contribution in [1.29, 1.82) is 0 Å². The lowest BCUT2D eigenvalue weighted by molar-refractivity contribution is 0.0389. The average Bonchev–Trinajstić information content (AvgIpc) is 2.64. The number of thiocarbonyl (C=S) groups is 1. The quantitative estimate of drug-likeness (QED) is 0.776. The van der Waals surface area contributed by atoms with Crippen LogP contribution in [0.5, 0.6) is 0 Å². The summed E-state index contributed by atoms with van der Waals surface area (Å²) in [4.78, 5) is 9.34. The fourth-order valence-corrected chi connectivity index (χ4v) is 3.43. The maximum atomic E-state index is 5.37. The molecule has 3 heterocycles. The van der Waals surface area contributed by atoms with Gasteiger partial charge in [0.25, 0.3) is 0 Å². The molecule has 0 atom stereocenters. The summed E-state index contributed by atoms with van der Waals surface area (Å²) in [7, 11) is 0. The summed E-state index contributed by atoms with van der Waals surface area (Å²) in [5.74, 6) is 1.89. The standard InChI is InChI=1S/C18H29N5OS/c1-15-4-7-23(8-5-15)17-3-2-16(14-20-17)21-18(25)19-6-9-22-10-12-24-13-11-22/h2-3,14-15H,4-13H2,1H3,(H2,19,21,25). The molecule has 0 amide bonds. The van der Waals surface area contributed by atoms with Crippen LogP contribution >= 0.6 is 12.2 Å². The first-order chi connectivity index (χ1) is 12.2. The molecule has 0 spiro atoms. The number of piperidine rings is 1. The molecule has 1 aromatic heterocycles. The topological polar surface area (TPSA) is 52.7 Å². The van der Waals surface area contributed by atoms with E-state index in [0.29, 0.717) is 5.11 Å². The highest BCUT2D eigenvalue weighted by Crippen LogP contribution is 2.22. The van der Waals surface area contributed by atoms with Crippen LogP contribution in [0.15, 0.2) is 18.3 Å². The van der Waals surface area contributed by atoms with Crippen LogP contribution in [-0.2, 0) is 4.74 Å². The van der Waals surface area contributed by atoms with Crippen molar-refractivity contribution in [2.45, 2.75) is 19.8 Å². The number of anilines is 2. The van der Waals surface area contributed by atoms with E-state index in [1.165, 1.54) is 12.8 Å². The van der Waals surface area contributed by atoms with Gasteiger partial charge in [-0.3, -0.25) is 4.90 Å². The lowest BCUT2D eigenvalue weighted by atomic mass is 9.99. The van der Waals surface area contributed by atoms with Crippen molar-refractivity contribution >= 4 is 28.8 Å². The monoisotopic (exact) mass is 363 g/mol. The number of morpholine rings is 1. The van der Waals surface area contributed by atoms with Gasteiger partial charge < -0.3 is 20.3 Å². The summed E-state index contributed by atoms with van der Waals surface area (Å²) in [6.45, 7) is 10.0. The van der Waals surface area contributed by atoms with E-state index in [1.807, 2.05) is 6.20 Å². The minimum absolute atomic E-state index is 0.648. The van der Waals surface area contributed by atoms with Crippen LogP contribution in [0.2, 0.25) is 0 Å². The minimum atomic E-state index is 0.648. The van der Waals surface area contributed by atoms with E-state index in [0.717, 1.165) is 69.9 Å². The van der Waals surface area contributed by atoms with Crippen molar-refractivity contribution in [2.24, 2.45) is 5.92 Å². The van der Waals surface area contributed by atoms with E-state index in [9.17, 15) is 0 Å². The molecule has 0 aromatic carbocycles. The van der Waals surface area contributed by atoms with E-state index >= 15 is 0 Å². The largest absolute Gasteiger partial charge is 0.379 e. The molecule has 2 aliphatic heterocycles. The van der Waals surface area contributed by atoms with Gasteiger partial charge in [0.05, 0.1) is 25.1 Å². The summed E-state index contributed by atoms with van der Waals surface area (Å²) >= 11 is 5.37. The first-order valence-electron chi connectivity index (χ1n) is 9.26. The smallest absolute Gasteiger partial charge is 0.170 e. The molecule has 3 rings (SSSR count). The highest BCUT2D eigenvalue weighted by atomic mass is 32.1. The Balaban J connectivity index is 1.39. The van der Waals surface area contributed by atoms with Crippen molar-refractivity contribution in [3.8, 4) is 0 Å². The van der Waals surface area contributed by atoms with Crippen LogP contribution in [0.1, 0.15) is 19.8 Å². The number of ether oxygens (including phenoxy) is 1. The Morgan fingerprint density at radius 3 is 2.68 bits per heavy atom. The molecule has 7 heteroatoms. The fraction of sp³-hybridized carbons (Fsp3) is 0.667. The zero-order valence-corrected chi connectivity index (χ0v) is 15.9. The number of aromatic nitrogens is 1. The molecule has 2 saturated heterocycles. The highest BCUT2D eigenvalue weighted by molar-refractivity contribution is 7.80. The predicted molar refractivity (Wildman–Crippen MR) is 106 cm³/mol. The van der Waals surface area contributed by atoms with Gasteiger partial charge in [0.1, 0.15) is 5.82 Å². The molecular weight excluding hydrogens is 334 g/mol. The molecule has 1 aromatic rings. The molecule has 0 bridgehead atoms. The Morgan fingerprint density at radius 1 is 1.24 bits per heavy atom. The van der Waals surface area contributed by atoms with Gasteiger partial charge in [0.2, 0.25) is 0 Å². The van der Waals surface area contributed by atoms with Crippen molar-refractivity contribution < 1.29 is 4.74 Å². The molecule has 2 fully saturated rings. The van der Waals surface area contributed by atoms with Gasteiger partial charge in [-0.2, -0.15) is 0 Å². The highest BCUT2D eigenvalue weighted by Gasteiger charge is 2.16. The molecule has 0 radical (unpaired) electrons. The Bertz CT molecular complexity index is 539. The second-order valence-corrected chi connectivity index (χ2v) is 7.32. The van der Waals surface area contributed by atoms with E-state index in [2.05, 4.69) is 44.5 Å². The Labute approximate surface area is 155 Å². The van der Waals surface area contributed by atoms with E-state index in [4.69, 9.17) is 17.0 Å². The van der Waals surface area contributed by atoms with Gasteiger partial charge in [-0.25, -0.2) is 4.98 Å². The van der Waals surface area contributed by atoms with Crippen LogP contribution in [0.25, 0.3) is 0 Å². The third-order valence-electron chi connectivity index (χ3n) is 4.93. The first-order valence-corrected chi connectivity index (χ1v) is 9.67. The number of hydrogen-bond donors (Lipinski definition) is 2. The van der Waals surface area contributed by atoms with Crippen LogP contribution in [0, 0.1) is 5.92 Å². The Kier molecular flexibility index (Phi) is 6.84. The summed E-state index contributed by atoms with van der Waals surface area (Å²) in [6.07, 6.45) is 4.36. The molecule has 0 saturated carbocycles. The lowest BCUT2D eigenvalue weighted by Crippen LogP contribution is -2.42. The summed E-state index contributed by atoms with van der Waals surface area (Å²) < 4.78 is 5.35. The minimum Gasteiger partial charge on any atom is -0.379 e. The zero-order chi connectivity index (χ0) is 17.5. The molecule has 6 nitrogen and oxygen atoms in total. The molecule has 138 valence electrons. The van der Waals surface area contributed by atoms with E-state index in [1.54, 1.807) is 0 Å². The van der Waals surface area contributed by atoms with Gasteiger partial charge in [-0.05, 0) is 43.1 Å². The van der Waals surface area contributed by atoms with Crippen molar-refractivity contribution in [3.05, 3.63) is 18.3 Å². The van der Waals surface area contributed by atoms with Gasteiger partial charge in [0, 0.05) is 39.3 Å². The van der Waals surface area contributed by atoms with Gasteiger partial charge in [-0.15, -0.1) is 0 Å². The molecule has 2 N–H and O–H groups in total. The molecule has 0 aliphatic carbocycles. The zero-order valence-electron chi connectivity index (χ0n) is 15.0. The van der Waals surface area contributed by atoms with E-state index in [-0.39, 0.29) is 0 Å². The normalized spacial score (nSPS) is 19.6. The lowest BCUT2D eigenvalue weighted by Gasteiger charge is -2.31. The molecular formula is C18H29N5OS. The summed E-state index contributed by atoms with van der Waals surface area (Å²) in [6, 6.07) is 4.13. The number of nitrogens with one attached hydrogen (secondary N) is 2. The van der Waals surface area contributed by atoms with Gasteiger partial charge >= 0.3 is 0 Å². The van der Waals surface area contributed by atoms with Crippen LogP contribution < -0.4 is 15.5 Å². The second-order valence-electron chi connectivity index (χ2n) is 6.91. The Hall–Kier alpha value is -1.44. The maximum Gasteiger partial charge on any atom is 0.170 e. The van der Waals surface area contributed by atoms with Crippen molar-refractivity contribution in [3.63, 3.8) is 0 Å². The van der Waals surface area contributed by atoms with Crippen molar-refractivity contribution in [2.75, 3.05) is 62.7 Å². The SMILES string of the molecule is CC1CCN(c2ccc(NC(=S)NCCN3CCOCC3)cn2)CC1. The van der Waals surface area contributed by atoms with E-state index < -0.39 is 0 Å². The van der Waals surface area contributed by atoms with Gasteiger partial charge in [0.15, 0.2) is 5.11 Å². The summed E-state index contributed by atoms with van der Waals surface area (Å²) in [5, 5.41) is 7.12. The maximum absolute atomic E-state index is 5.37. The van der Waals surface area contributed by atoms with Gasteiger partial charge in [-0.1, -0.05) is 6.92 Å². The predicted octanol–water partition coefficient (Wildman–Crippen LogP) is 1.94.